The number of aromatic nitrogens is 2. The van der Waals surface area contributed by atoms with Crippen molar-refractivity contribution in [2.45, 2.75) is 51.4 Å². The maximum Gasteiger partial charge on any atom is 0.256 e. The molecule has 1 unspecified atom stereocenters. The molecule has 2 aliphatic heterocycles. The first kappa shape index (κ1) is 29.8. The summed E-state index contributed by atoms with van der Waals surface area (Å²) in [6.45, 7) is 6.67. The Bertz CT molecular complexity index is 1630. The van der Waals surface area contributed by atoms with Crippen molar-refractivity contribution in [3.63, 3.8) is 0 Å². The lowest BCUT2D eigenvalue weighted by Crippen LogP contribution is -2.54. The molecule has 0 radical (unpaired) electrons. The Hall–Kier alpha value is -4.22. The van der Waals surface area contributed by atoms with Gasteiger partial charge in [-0.05, 0) is 75.1 Å². The first-order chi connectivity index (χ1) is 21.3. The van der Waals surface area contributed by atoms with Crippen molar-refractivity contribution in [3.8, 4) is 22.6 Å². The largest absolute Gasteiger partial charge is 0.494 e. The second-order valence-corrected chi connectivity index (χ2v) is 11.5. The number of hydrogen-bond donors (Lipinski definition) is 2. The van der Waals surface area contributed by atoms with E-state index in [1.54, 1.807) is 22.9 Å². The van der Waals surface area contributed by atoms with Crippen LogP contribution in [0.2, 0.25) is 0 Å². The number of benzene rings is 3. The van der Waals surface area contributed by atoms with Crippen LogP contribution in [-0.4, -0.2) is 61.7 Å². The third kappa shape index (κ3) is 5.69. The minimum absolute atomic E-state index is 0.137. The zero-order chi connectivity index (χ0) is 31.0. The molecule has 1 amide bonds. The van der Waals surface area contributed by atoms with Gasteiger partial charge in [0.25, 0.3) is 5.91 Å². The van der Waals surface area contributed by atoms with Crippen LogP contribution in [0.15, 0.2) is 48.5 Å². The Morgan fingerprint density at radius 3 is 2.27 bits per heavy atom. The van der Waals surface area contributed by atoms with Gasteiger partial charge in [0, 0.05) is 54.5 Å². The molecule has 3 aromatic carbocycles. The number of anilines is 2. The molecule has 1 aromatic heterocycles. The van der Waals surface area contributed by atoms with E-state index in [1.807, 2.05) is 24.3 Å². The highest BCUT2D eigenvalue weighted by Gasteiger charge is 2.26. The van der Waals surface area contributed by atoms with E-state index in [9.17, 15) is 4.79 Å². The molecule has 3 atom stereocenters. The number of nitrogens with one attached hydrogen (secondary N) is 2. The van der Waals surface area contributed by atoms with E-state index in [-0.39, 0.29) is 34.8 Å². The van der Waals surface area contributed by atoms with E-state index in [0.29, 0.717) is 41.0 Å². The van der Waals surface area contributed by atoms with Gasteiger partial charge in [-0.2, -0.15) is 5.10 Å². The fourth-order valence-electron chi connectivity index (χ4n) is 6.20. The molecule has 2 fully saturated rings. The topological polar surface area (TPSA) is 89.9 Å². The molecule has 6 rings (SSSR count). The van der Waals surface area contributed by atoms with Crippen LogP contribution in [0.3, 0.4) is 0 Å². The van der Waals surface area contributed by atoms with Crippen LogP contribution in [-0.2, 0) is 4.74 Å². The normalized spacial score (nSPS) is 20.5. The standard InChI is InChI=1S/C33H37F2N5O4/c1-19-17-39(18-20(2)36-19)23-11-8-21(9-12-23)33(41)37-32-24-13-10-22(15-25(24)40(38-32)28-7-5-6-14-44-28)29-30(34)26(42-3)16-27(43-4)31(29)35/h8-13,15-16,19-20,28,36H,5-7,14,17-18H2,1-4H3,(H,37,38,41)/t19-,20+,28?. The van der Waals surface area contributed by atoms with E-state index >= 15 is 8.78 Å². The van der Waals surface area contributed by atoms with Gasteiger partial charge in [-0.3, -0.25) is 4.79 Å². The monoisotopic (exact) mass is 605 g/mol. The predicted molar refractivity (Wildman–Crippen MR) is 166 cm³/mol. The van der Waals surface area contributed by atoms with E-state index < -0.39 is 11.6 Å². The fraction of sp³-hybridized carbons (Fsp3) is 0.394. The third-order valence-corrected chi connectivity index (χ3v) is 8.28. The SMILES string of the molecule is COc1cc(OC)c(F)c(-c2ccc3c(NC(=O)c4ccc(N5C[C@@H](C)N[C@@H](C)C5)cc4)nn(C4CCCCO4)c3c2)c1F. The molecule has 3 heterocycles. The molecule has 0 saturated carbocycles. The number of halogens is 2. The number of piperazine rings is 1. The highest BCUT2D eigenvalue weighted by molar-refractivity contribution is 6.08. The molecule has 0 spiro atoms. The summed E-state index contributed by atoms with van der Waals surface area (Å²) in [7, 11) is 2.62. The zero-order valence-corrected chi connectivity index (χ0v) is 25.3. The summed E-state index contributed by atoms with van der Waals surface area (Å²) in [5, 5.41) is 11.8. The second kappa shape index (κ2) is 12.4. The number of fused-ring (bicyclic) bond motifs is 1. The van der Waals surface area contributed by atoms with Crippen LogP contribution >= 0.6 is 0 Å². The summed E-state index contributed by atoms with van der Waals surface area (Å²) in [5.41, 5.74) is 2.12. The lowest BCUT2D eigenvalue weighted by Gasteiger charge is -2.37. The number of hydrogen-bond acceptors (Lipinski definition) is 7. The van der Waals surface area contributed by atoms with Gasteiger partial charge in [0.1, 0.15) is 0 Å². The van der Waals surface area contributed by atoms with Crippen molar-refractivity contribution in [3.05, 3.63) is 65.7 Å². The van der Waals surface area contributed by atoms with Crippen molar-refractivity contribution in [1.82, 2.24) is 15.1 Å². The van der Waals surface area contributed by atoms with Crippen molar-refractivity contribution in [1.29, 1.82) is 0 Å². The predicted octanol–water partition coefficient (Wildman–Crippen LogP) is 6.14. The Kier molecular flexibility index (Phi) is 8.42. The van der Waals surface area contributed by atoms with Crippen molar-refractivity contribution in [2.75, 3.05) is 44.1 Å². The molecular formula is C33H37F2N5O4. The van der Waals surface area contributed by atoms with Crippen LogP contribution < -0.4 is 25.0 Å². The number of methoxy groups -OCH3 is 2. The fourth-order valence-corrected chi connectivity index (χ4v) is 6.20. The molecule has 44 heavy (non-hydrogen) atoms. The van der Waals surface area contributed by atoms with Crippen LogP contribution in [0.25, 0.3) is 22.0 Å². The van der Waals surface area contributed by atoms with Crippen molar-refractivity contribution >= 4 is 28.3 Å². The quantitative estimate of drug-likeness (QED) is 0.262. The van der Waals surface area contributed by atoms with Gasteiger partial charge in [0.05, 0.1) is 25.3 Å². The summed E-state index contributed by atoms with van der Waals surface area (Å²) in [5.74, 6) is -1.93. The lowest BCUT2D eigenvalue weighted by molar-refractivity contribution is -0.0365. The van der Waals surface area contributed by atoms with Gasteiger partial charge < -0.3 is 29.7 Å². The molecule has 232 valence electrons. The van der Waals surface area contributed by atoms with Crippen molar-refractivity contribution in [2.24, 2.45) is 0 Å². The molecule has 0 bridgehead atoms. The number of rotatable bonds is 7. The average molecular weight is 606 g/mol. The number of ether oxygens (including phenoxy) is 3. The number of carbonyl (C=O) groups excluding carboxylic acids is 1. The Labute approximate surface area is 255 Å². The van der Waals surface area contributed by atoms with Crippen molar-refractivity contribution < 1.29 is 27.8 Å². The van der Waals surface area contributed by atoms with E-state index in [0.717, 1.165) is 38.0 Å². The van der Waals surface area contributed by atoms with Crippen LogP contribution in [0.5, 0.6) is 11.5 Å². The van der Waals surface area contributed by atoms with E-state index in [1.165, 1.54) is 20.3 Å². The minimum Gasteiger partial charge on any atom is -0.494 e. The molecule has 2 saturated heterocycles. The van der Waals surface area contributed by atoms with Crippen LogP contribution in [0.1, 0.15) is 49.7 Å². The number of nitrogens with zero attached hydrogens (tertiary/aromatic N) is 3. The Morgan fingerprint density at radius 2 is 1.66 bits per heavy atom. The maximum absolute atomic E-state index is 15.4. The van der Waals surface area contributed by atoms with Gasteiger partial charge in [0.15, 0.2) is 35.2 Å². The molecule has 4 aromatic rings. The molecule has 11 heteroatoms. The Morgan fingerprint density at radius 1 is 0.977 bits per heavy atom. The molecule has 9 nitrogen and oxygen atoms in total. The van der Waals surface area contributed by atoms with Gasteiger partial charge in [-0.15, -0.1) is 0 Å². The smallest absolute Gasteiger partial charge is 0.256 e. The zero-order valence-electron chi connectivity index (χ0n) is 25.3. The summed E-state index contributed by atoms with van der Waals surface area (Å²) in [4.78, 5) is 15.7. The molecule has 2 N–H and O–H groups in total. The third-order valence-electron chi connectivity index (χ3n) is 8.28. The van der Waals surface area contributed by atoms with Gasteiger partial charge >= 0.3 is 0 Å². The summed E-state index contributed by atoms with van der Waals surface area (Å²) >= 11 is 0. The highest BCUT2D eigenvalue weighted by Crippen LogP contribution is 2.40. The Balaban J connectivity index is 1.34. The number of carbonyl (C=O) groups is 1. The molecule has 0 aliphatic carbocycles. The van der Waals surface area contributed by atoms with Crippen LogP contribution in [0.4, 0.5) is 20.3 Å². The first-order valence-electron chi connectivity index (χ1n) is 14.9. The number of amides is 1. The summed E-state index contributed by atoms with van der Waals surface area (Å²) in [6.07, 6.45) is 2.21. The molecular weight excluding hydrogens is 568 g/mol. The van der Waals surface area contributed by atoms with Crippen LogP contribution in [0, 0.1) is 11.6 Å². The van der Waals surface area contributed by atoms with E-state index in [2.05, 4.69) is 29.4 Å². The van der Waals surface area contributed by atoms with Gasteiger partial charge in [-0.25, -0.2) is 13.5 Å². The first-order valence-corrected chi connectivity index (χ1v) is 14.9. The second-order valence-electron chi connectivity index (χ2n) is 11.5. The summed E-state index contributed by atoms with van der Waals surface area (Å²) < 4.78 is 48.8. The van der Waals surface area contributed by atoms with Gasteiger partial charge in [0.2, 0.25) is 0 Å². The van der Waals surface area contributed by atoms with E-state index in [4.69, 9.17) is 19.3 Å². The van der Waals surface area contributed by atoms with Gasteiger partial charge in [-0.1, -0.05) is 6.07 Å². The minimum atomic E-state index is -0.841. The highest BCUT2D eigenvalue weighted by atomic mass is 19.1. The lowest BCUT2D eigenvalue weighted by atomic mass is 10.0. The molecule has 2 aliphatic rings. The summed E-state index contributed by atoms with van der Waals surface area (Å²) in [6, 6.07) is 14.4. The average Bonchev–Trinajstić information content (AvgIpc) is 3.38. The maximum atomic E-state index is 15.4.